The first-order chi connectivity index (χ1) is 26.8. The molecule has 4 aromatic heterocycles. The molecule has 252 valence electrons. The van der Waals surface area contributed by atoms with Gasteiger partial charge in [-0.15, -0.1) is 0 Å². The van der Waals surface area contributed by atoms with Gasteiger partial charge in [0.05, 0.1) is 33.1 Å². The number of fused-ring (bicyclic) bond motifs is 10. The first kappa shape index (κ1) is 29.2. The molecule has 0 aliphatic heterocycles. The highest BCUT2D eigenvalue weighted by atomic mass is 16.3. The summed E-state index contributed by atoms with van der Waals surface area (Å²) in [5.41, 5.74) is 13.2. The van der Waals surface area contributed by atoms with Crippen molar-refractivity contribution < 1.29 is 8.83 Å². The van der Waals surface area contributed by atoms with Crippen LogP contribution in [0.15, 0.2) is 185 Å². The van der Waals surface area contributed by atoms with E-state index < -0.39 is 0 Å². The average Bonchev–Trinajstić information content (AvgIpc) is 3.99. The van der Waals surface area contributed by atoms with Crippen LogP contribution in [0.5, 0.6) is 0 Å². The van der Waals surface area contributed by atoms with Crippen LogP contribution in [0, 0.1) is 0 Å². The Bertz CT molecular complexity index is 3440. The van der Waals surface area contributed by atoms with E-state index in [1.54, 1.807) is 0 Å². The maximum Gasteiger partial charge on any atom is 0.145 e. The Morgan fingerprint density at radius 3 is 1.94 bits per heavy atom. The van der Waals surface area contributed by atoms with Crippen molar-refractivity contribution in [3.63, 3.8) is 0 Å². The molecule has 0 N–H and O–H groups in total. The van der Waals surface area contributed by atoms with Crippen molar-refractivity contribution in [3.8, 4) is 33.9 Å². The number of para-hydroxylation sites is 4. The number of furan rings is 2. The van der Waals surface area contributed by atoms with Gasteiger partial charge in [-0.2, -0.15) is 0 Å². The molecule has 0 amide bonds. The summed E-state index contributed by atoms with van der Waals surface area (Å²) in [6.45, 7) is 0. The summed E-state index contributed by atoms with van der Waals surface area (Å²) in [4.78, 5) is 5.13. The zero-order valence-corrected chi connectivity index (χ0v) is 28.9. The van der Waals surface area contributed by atoms with E-state index in [4.69, 9.17) is 13.8 Å². The number of nitrogens with zero attached hydrogens (tertiary/aromatic N) is 3. The van der Waals surface area contributed by atoms with E-state index in [0.29, 0.717) is 0 Å². The molecule has 0 aliphatic carbocycles. The van der Waals surface area contributed by atoms with Gasteiger partial charge in [0.25, 0.3) is 0 Å². The van der Waals surface area contributed by atoms with E-state index in [1.807, 2.05) is 24.3 Å². The summed E-state index contributed by atoms with van der Waals surface area (Å²) in [6, 6.07) is 61.8. The van der Waals surface area contributed by atoms with E-state index in [-0.39, 0.29) is 0 Å². The number of imidazole rings is 1. The van der Waals surface area contributed by atoms with E-state index in [9.17, 15) is 0 Å². The van der Waals surface area contributed by atoms with E-state index >= 15 is 0 Å². The summed E-state index contributed by atoms with van der Waals surface area (Å²) < 4.78 is 17.5. The fraction of sp³-hybridized carbons (Fsp3) is 0. The molecule has 0 radical (unpaired) electrons. The molecule has 12 aromatic rings. The lowest BCUT2D eigenvalue weighted by Crippen LogP contribution is -1.98. The molecule has 12 rings (SSSR count). The topological polar surface area (TPSA) is 49.0 Å². The normalized spacial score (nSPS) is 12.1. The van der Waals surface area contributed by atoms with Crippen molar-refractivity contribution in [1.29, 1.82) is 0 Å². The van der Waals surface area contributed by atoms with Gasteiger partial charge in [-0.1, -0.05) is 97.1 Å². The van der Waals surface area contributed by atoms with E-state index in [1.165, 1.54) is 10.8 Å². The molecule has 0 spiro atoms. The summed E-state index contributed by atoms with van der Waals surface area (Å²) in [7, 11) is 0. The van der Waals surface area contributed by atoms with Crippen LogP contribution < -0.4 is 0 Å². The Morgan fingerprint density at radius 1 is 0.370 bits per heavy atom. The molecule has 5 nitrogen and oxygen atoms in total. The molecule has 0 fully saturated rings. The monoisotopic (exact) mass is 691 g/mol. The standard InChI is InChI=1S/C49H29N3O2/c1-3-12-30(13-4-1)49-50-39-17-8-9-18-41(39)52(49)42-19-11-21-46-48(42)38-27-32(23-25-45(38)53-46)31-22-24-40-35(26-31)36-28-37-34-16-7-10-20-44(34)54-47(37)29-43(36)51(40)33-14-5-2-6-15-33/h1-29H. The second-order valence-electron chi connectivity index (χ2n) is 14.0. The van der Waals surface area contributed by atoms with Gasteiger partial charge in [-0.05, 0) is 83.9 Å². The van der Waals surface area contributed by atoms with Gasteiger partial charge in [0, 0.05) is 44.2 Å². The molecular weight excluding hydrogens is 663 g/mol. The fourth-order valence-corrected chi connectivity index (χ4v) is 8.50. The lowest BCUT2D eigenvalue weighted by atomic mass is 10.00. The first-order valence-electron chi connectivity index (χ1n) is 18.2. The molecule has 0 atom stereocenters. The SMILES string of the molecule is c1ccc(-c2nc3ccccc3n2-c2cccc3oc4ccc(-c5ccc6c(c5)c5cc7c(cc5n6-c5ccccc5)oc5ccccc57)cc4c23)cc1. The van der Waals surface area contributed by atoms with E-state index in [2.05, 4.69) is 161 Å². The minimum absolute atomic E-state index is 0.842. The number of aromatic nitrogens is 3. The Hall–Kier alpha value is -7.37. The molecule has 0 aliphatic rings. The van der Waals surface area contributed by atoms with Gasteiger partial charge in [0.2, 0.25) is 0 Å². The molecule has 4 heterocycles. The van der Waals surface area contributed by atoms with Gasteiger partial charge in [-0.3, -0.25) is 4.57 Å². The summed E-state index contributed by atoms with van der Waals surface area (Å²) >= 11 is 0. The largest absolute Gasteiger partial charge is 0.456 e. The van der Waals surface area contributed by atoms with Crippen molar-refractivity contribution in [3.05, 3.63) is 176 Å². The van der Waals surface area contributed by atoms with Crippen LogP contribution in [-0.2, 0) is 0 Å². The minimum atomic E-state index is 0.842. The maximum atomic E-state index is 6.54. The molecule has 0 saturated carbocycles. The highest BCUT2D eigenvalue weighted by Gasteiger charge is 2.21. The van der Waals surface area contributed by atoms with Gasteiger partial charge in [0.15, 0.2) is 0 Å². The zero-order chi connectivity index (χ0) is 35.3. The highest BCUT2D eigenvalue weighted by molar-refractivity contribution is 6.18. The smallest absolute Gasteiger partial charge is 0.145 e. The molecule has 0 bridgehead atoms. The van der Waals surface area contributed by atoms with Crippen LogP contribution >= 0.6 is 0 Å². The molecule has 0 saturated heterocycles. The van der Waals surface area contributed by atoms with Crippen LogP contribution in [-0.4, -0.2) is 14.1 Å². The average molecular weight is 692 g/mol. The summed E-state index contributed by atoms with van der Waals surface area (Å²) in [5.74, 6) is 0.898. The number of rotatable bonds is 4. The third-order valence-electron chi connectivity index (χ3n) is 10.9. The second-order valence-corrected chi connectivity index (χ2v) is 14.0. The molecule has 8 aromatic carbocycles. The fourth-order valence-electron chi connectivity index (χ4n) is 8.50. The minimum Gasteiger partial charge on any atom is -0.456 e. The summed E-state index contributed by atoms with van der Waals surface area (Å²) in [5, 5.41) is 6.75. The predicted molar refractivity (Wildman–Crippen MR) is 221 cm³/mol. The van der Waals surface area contributed by atoms with Crippen LogP contribution in [0.4, 0.5) is 0 Å². The highest BCUT2D eigenvalue weighted by Crippen LogP contribution is 2.42. The predicted octanol–water partition coefficient (Wildman–Crippen LogP) is 13.3. The number of hydrogen-bond donors (Lipinski definition) is 0. The van der Waals surface area contributed by atoms with E-state index in [0.717, 1.165) is 99.8 Å². The second kappa shape index (κ2) is 11.1. The van der Waals surface area contributed by atoms with Crippen LogP contribution in [0.25, 0.3) is 111 Å². The molecule has 54 heavy (non-hydrogen) atoms. The third kappa shape index (κ3) is 4.18. The Labute approximate surface area is 308 Å². The van der Waals surface area contributed by atoms with Crippen molar-refractivity contribution in [2.75, 3.05) is 0 Å². The van der Waals surface area contributed by atoms with Gasteiger partial charge in [0.1, 0.15) is 28.2 Å². The molecular formula is C49H29N3O2. The van der Waals surface area contributed by atoms with Crippen LogP contribution in [0.2, 0.25) is 0 Å². The number of hydrogen-bond acceptors (Lipinski definition) is 3. The van der Waals surface area contributed by atoms with Gasteiger partial charge >= 0.3 is 0 Å². The summed E-state index contributed by atoms with van der Waals surface area (Å²) in [6.07, 6.45) is 0. The van der Waals surface area contributed by atoms with Gasteiger partial charge < -0.3 is 13.4 Å². The van der Waals surface area contributed by atoms with Crippen molar-refractivity contribution in [1.82, 2.24) is 14.1 Å². The van der Waals surface area contributed by atoms with Crippen LogP contribution in [0.3, 0.4) is 0 Å². The van der Waals surface area contributed by atoms with Crippen molar-refractivity contribution >= 4 is 76.7 Å². The quantitative estimate of drug-likeness (QED) is 0.185. The van der Waals surface area contributed by atoms with Crippen LogP contribution in [0.1, 0.15) is 0 Å². The third-order valence-corrected chi connectivity index (χ3v) is 10.9. The van der Waals surface area contributed by atoms with Gasteiger partial charge in [-0.25, -0.2) is 4.98 Å². The lowest BCUT2D eigenvalue weighted by Gasteiger charge is -2.11. The maximum absolute atomic E-state index is 6.54. The Balaban J connectivity index is 1.10. The zero-order valence-electron chi connectivity index (χ0n) is 28.9. The first-order valence-corrected chi connectivity index (χ1v) is 18.2. The van der Waals surface area contributed by atoms with Crippen molar-refractivity contribution in [2.24, 2.45) is 0 Å². The Kier molecular flexibility index (Phi) is 5.99. The lowest BCUT2D eigenvalue weighted by molar-refractivity contribution is 0.668. The van der Waals surface area contributed by atoms with Crippen molar-refractivity contribution in [2.45, 2.75) is 0 Å². The molecule has 5 heteroatoms. The number of benzene rings is 8. The Morgan fingerprint density at radius 2 is 1.06 bits per heavy atom. The molecule has 0 unspecified atom stereocenters.